The lowest BCUT2D eigenvalue weighted by molar-refractivity contribution is 0.100. The topological polar surface area (TPSA) is 50.5 Å². The molecule has 0 unspecified atom stereocenters. The minimum absolute atomic E-state index is 0.350. The number of benzene rings is 2. The molecule has 6 heteroatoms. The number of aliphatic hydroxyl groups excluding tert-OH is 1. The van der Waals surface area contributed by atoms with Crippen LogP contribution in [0, 0.1) is 12.7 Å². The summed E-state index contributed by atoms with van der Waals surface area (Å²) in [5, 5.41) is 15.1. The number of para-hydroxylation sites is 1. The van der Waals surface area contributed by atoms with Crippen molar-refractivity contribution in [3.63, 3.8) is 0 Å². The molecule has 3 aromatic rings. The highest BCUT2D eigenvalue weighted by atomic mass is 19.1. The van der Waals surface area contributed by atoms with Gasteiger partial charge in [-0.3, -0.25) is 4.90 Å². The minimum Gasteiger partial charge on any atom is -0.438 e. The lowest BCUT2D eigenvalue weighted by Gasteiger charge is -2.25. The largest absolute Gasteiger partial charge is 0.438 e. The normalized spacial score (nSPS) is 12.3. The molecule has 1 heterocycles. The molecule has 1 atom stereocenters. The van der Waals surface area contributed by atoms with Gasteiger partial charge in [0.1, 0.15) is 11.6 Å². The van der Waals surface area contributed by atoms with Crippen molar-refractivity contribution in [1.29, 1.82) is 0 Å². The summed E-state index contributed by atoms with van der Waals surface area (Å²) in [5.74, 6) is 0.642. The van der Waals surface area contributed by atoms with E-state index in [1.807, 2.05) is 37.3 Å². The molecule has 1 aromatic heterocycles. The van der Waals surface area contributed by atoms with Crippen LogP contribution in [0.25, 0.3) is 5.69 Å². The van der Waals surface area contributed by atoms with Gasteiger partial charge in [-0.1, -0.05) is 44.5 Å². The lowest BCUT2D eigenvalue weighted by atomic mass is 10.1. The van der Waals surface area contributed by atoms with Crippen LogP contribution in [-0.2, 0) is 6.54 Å². The fourth-order valence-electron chi connectivity index (χ4n) is 3.71. The smallest absolute Gasteiger partial charge is 0.227 e. The number of rotatable bonds is 11. The molecular formula is C25H32FN3O2. The first-order chi connectivity index (χ1) is 15.0. The highest BCUT2D eigenvalue weighted by molar-refractivity contribution is 5.43. The average molecular weight is 426 g/mol. The van der Waals surface area contributed by atoms with Gasteiger partial charge in [0.15, 0.2) is 0 Å². The molecule has 0 amide bonds. The monoisotopic (exact) mass is 425 g/mol. The summed E-state index contributed by atoms with van der Waals surface area (Å²) in [5.41, 5.74) is 2.66. The van der Waals surface area contributed by atoms with Gasteiger partial charge in [-0.05, 0) is 50.6 Å². The van der Waals surface area contributed by atoms with E-state index >= 15 is 0 Å². The molecule has 0 bridgehead atoms. The molecule has 2 aromatic carbocycles. The molecule has 31 heavy (non-hydrogen) atoms. The molecule has 3 rings (SSSR count). The molecule has 0 aliphatic rings. The number of halogens is 1. The molecule has 0 saturated carbocycles. The third-order valence-electron chi connectivity index (χ3n) is 5.16. The molecule has 5 nitrogen and oxygen atoms in total. The standard InChI is InChI=1S/C25H32FN3O2/c1-4-10-22(30)17-28(15-5-2)18-24-19(3)27-29(21-12-7-6-8-13-21)25(24)31-23-14-9-11-20(26)16-23/h6-9,11-14,16,22,30H,4-5,10,15,17-18H2,1-3H3/t22-/m1/s1. The highest BCUT2D eigenvalue weighted by Gasteiger charge is 2.22. The Morgan fingerprint density at radius 1 is 1.10 bits per heavy atom. The van der Waals surface area contributed by atoms with Gasteiger partial charge in [-0.25, -0.2) is 9.07 Å². The third-order valence-corrected chi connectivity index (χ3v) is 5.16. The van der Waals surface area contributed by atoms with Crippen LogP contribution in [-0.4, -0.2) is 39.0 Å². The number of nitrogens with zero attached hydrogens (tertiary/aromatic N) is 3. The molecule has 0 saturated heterocycles. The van der Waals surface area contributed by atoms with E-state index in [1.165, 1.54) is 12.1 Å². The Hall–Kier alpha value is -2.70. The van der Waals surface area contributed by atoms with Crippen molar-refractivity contribution in [2.75, 3.05) is 13.1 Å². The molecule has 0 fully saturated rings. The zero-order valence-electron chi connectivity index (χ0n) is 18.6. The van der Waals surface area contributed by atoms with Crippen molar-refractivity contribution >= 4 is 0 Å². The van der Waals surface area contributed by atoms with E-state index in [2.05, 4.69) is 18.7 Å². The van der Waals surface area contributed by atoms with Gasteiger partial charge in [-0.2, -0.15) is 5.10 Å². The number of ether oxygens (including phenoxy) is 1. The zero-order valence-corrected chi connectivity index (χ0v) is 18.6. The van der Waals surface area contributed by atoms with Crippen molar-refractivity contribution < 1.29 is 14.2 Å². The summed E-state index contributed by atoms with van der Waals surface area (Å²) in [6.45, 7) is 8.21. The van der Waals surface area contributed by atoms with Gasteiger partial charge in [0.2, 0.25) is 5.88 Å². The van der Waals surface area contributed by atoms with Crippen molar-refractivity contribution in [1.82, 2.24) is 14.7 Å². The molecule has 0 spiro atoms. The van der Waals surface area contributed by atoms with Gasteiger partial charge in [0.25, 0.3) is 0 Å². The van der Waals surface area contributed by atoms with E-state index < -0.39 is 0 Å². The Balaban J connectivity index is 1.98. The van der Waals surface area contributed by atoms with E-state index in [0.29, 0.717) is 24.7 Å². The number of hydrogen-bond acceptors (Lipinski definition) is 4. The van der Waals surface area contributed by atoms with Gasteiger partial charge in [0, 0.05) is 19.2 Å². The first-order valence-corrected chi connectivity index (χ1v) is 11.0. The number of aliphatic hydroxyl groups is 1. The maximum atomic E-state index is 13.8. The Morgan fingerprint density at radius 2 is 1.87 bits per heavy atom. The summed E-state index contributed by atoms with van der Waals surface area (Å²) in [6, 6.07) is 15.9. The van der Waals surface area contributed by atoms with Crippen LogP contribution >= 0.6 is 0 Å². The van der Waals surface area contributed by atoms with Crippen molar-refractivity contribution in [3.05, 3.63) is 71.7 Å². The maximum Gasteiger partial charge on any atom is 0.227 e. The van der Waals surface area contributed by atoms with Gasteiger partial charge in [0.05, 0.1) is 23.0 Å². The van der Waals surface area contributed by atoms with E-state index in [0.717, 1.165) is 42.8 Å². The first-order valence-electron chi connectivity index (χ1n) is 11.0. The zero-order chi connectivity index (χ0) is 22.2. The predicted molar refractivity (Wildman–Crippen MR) is 121 cm³/mol. The van der Waals surface area contributed by atoms with Crippen LogP contribution in [0.1, 0.15) is 44.4 Å². The Kier molecular flexibility index (Phi) is 8.20. The van der Waals surface area contributed by atoms with E-state index in [-0.39, 0.29) is 11.9 Å². The summed E-state index contributed by atoms with van der Waals surface area (Å²) >= 11 is 0. The molecule has 0 aliphatic carbocycles. The second-order valence-electron chi connectivity index (χ2n) is 7.85. The van der Waals surface area contributed by atoms with Crippen LogP contribution < -0.4 is 4.74 Å². The summed E-state index contributed by atoms with van der Waals surface area (Å²) < 4.78 is 21.8. The van der Waals surface area contributed by atoms with Crippen molar-refractivity contribution in [2.24, 2.45) is 0 Å². The van der Waals surface area contributed by atoms with E-state index in [1.54, 1.807) is 16.8 Å². The molecule has 0 aliphatic heterocycles. The number of hydrogen-bond donors (Lipinski definition) is 1. The minimum atomic E-state index is -0.367. The van der Waals surface area contributed by atoms with Gasteiger partial charge >= 0.3 is 0 Å². The summed E-state index contributed by atoms with van der Waals surface area (Å²) in [4.78, 5) is 2.23. The Labute approximate surface area is 184 Å². The predicted octanol–water partition coefficient (Wildman–Crippen LogP) is 5.49. The maximum absolute atomic E-state index is 13.8. The molecule has 1 N–H and O–H groups in total. The molecular weight excluding hydrogens is 393 g/mol. The highest BCUT2D eigenvalue weighted by Crippen LogP contribution is 2.32. The van der Waals surface area contributed by atoms with Crippen LogP contribution in [0.15, 0.2) is 54.6 Å². The SMILES string of the molecule is CCC[C@@H](O)CN(CCC)Cc1c(C)nn(-c2ccccc2)c1Oc1cccc(F)c1. The fraction of sp³-hybridized carbons (Fsp3) is 0.400. The quantitative estimate of drug-likeness (QED) is 0.442. The summed E-state index contributed by atoms with van der Waals surface area (Å²) in [7, 11) is 0. The van der Waals surface area contributed by atoms with Crippen LogP contribution in [0.4, 0.5) is 4.39 Å². The van der Waals surface area contributed by atoms with Gasteiger partial charge in [-0.15, -0.1) is 0 Å². The van der Waals surface area contributed by atoms with E-state index in [9.17, 15) is 9.50 Å². The van der Waals surface area contributed by atoms with Crippen LogP contribution in [0.5, 0.6) is 11.6 Å². The Bertz CT molecular complexity index is 959. The molecule has 166 valence electrons. The Morgan fingerprint density at radius 3 is 2.55 bits per heavy atom. The second kappa shape index (κ2) is 11.1. The molecule has 0 radical (unpaired) electrons. The number of aromatic nitrogens is 2. The second-order valence-corrected chi connectivity index (χ2v) is 7.85. The van der Waals surface area contributed by atoms with Crippen LogP contribution in [0.3, 0.4) is 0 Å². The summed E-state index contributed by atoms with van der Waals surface area (Å²) in [6.07, 6.45) is 2.33. The van der Waals surface area contributed by atoms with E-state index in [4.69, 9.17) is 9.84 Å². The third kappa shape index (κ3) is 6.15. The number of aryl methyl sites for hydroxylation is 1. The van der Waals surface area contributed by atoms with Gasteiger partial charge < -0.3 is 9.84 Å². The van der Waals surface area contributed by atoms with Crippen LogP contribution in [0.2, 0.25) is 0 Å². The van der Waals surface area contributed by atoms with Crippen molar-refractivity contribution in [2.45, 2.75) is 52.7 Å². The lowest BCUT2D eigenvalue weighted by Crippen LogP contribution is -2.33. The average Bonchev–Trinajstić information content (AvgIpc) is 3.04. The fourth-order valence-corrected chi connectivity index (χ4v) is 3.71. The van der Waals surface area contributed by atoms with Crippen molar-refractivity contribution in [3.8, 4) is 17.3 Å². The first kappa shape index (κ1) is 23.0.